The number of piperazine rings is 1. The first-order valence-corrected chi connectivity index (χ1v) is 9.69. The van der Waals surface area contributed by atoms with Crippen molar-refractivity contribution in [3.8, 4) is 6.07 Å². The Bertz CT molecular complexity index is 884. The van der Waals surface area contributed by atoms with Crippen molar-refractivity contribution in [3.05, 3.63) is 28.3 Å². The Kier molecular flexibility index (Phi) is 6.37. The topological polar surface area (TPSA) is 126 Å². The molecule has 0 saturated carbocycles. The Morgan fingerprint density at radius 3 is 2.86 bits per heavy atom. The molecule has 2 aliphatic heterocycles. The van der Waals surface area contributed by atoms with Crippen molar-refractivity contribution in [1.82, 2.24) is 15.5 Å². The third kappa shape index (κ3) is 4.19. The maximum atomic E-state index is 13.0. The molecule has 1 aromatic rings. The molecule has 2 amide bonds. The van der Waals surface area contributed by atoms with Crippen LogP contribution in [0.2, 0.25) is 5.02 Å². The van der Waals surface area contributed by atoms with Crippen molar-refractivity contribution < 1.29 is 19.5 Å². The van der Waals surface area contributed by atoms with Crippen LogP contribution in [0.1, 0.15) is 24.0 Å². The Morgan fingerprint density at radius 1 is 1.41 bits per heavy atom. The van der Waals surface area contributed by atoms with Crippen LogP contribution in [-0.4, -0.2) is 66.2 Å². The lowest BCUT2D eigenvalue weighted by Crippen LogP contribution is -2.61. The van der Waals surface area contributed by atoms with Crippen LogP contribution in [0.4, 0.5) is 5.69 Å². The number of nitrogens with zero attached hydrogens (tertiary/aromatic N) is 3. The normalized spacial score (nSPS) is 21.6. The number of benzene rings is 1. The molecule has 0 radical (unpaired) electrons. The molecule has 154 valence electrons. The number of fused-ring (bicyclic) bond motifs is 1. The van der Waals surface area contributed by atoms with Crippen molar-refractivity contribution in [1.29, 1.82) is 5.26 Å². The van der Waals surface area contributed by atoms with Gasteiger partial charge in [-0.15, -0.1) is 0 Å². The van der Waals surface area contributed by atoms with Crippen LogP contribution in [0.3, 0.4) is 0 Å². The zero-order valence-corrected chi connectivity index (χ0v) is 16.7. The van der Waals surface area contributed by atoms with Crippen LogP contribution in [0.25, 0.3) is 0 Å². The van der Waals surface area contributed by atoms with E-state index in [9.17, 15) is 14.4 Å². The molecule has 2 saturated heterocycles. The third-order valence-electron chi connectivity index (χ3n) is 5.27. The second-order valence-electron chi connectivity index (χ2n) is 7.08. The lowest BCUT2D eigenvalue weighted by molar-refractivity contribution is -0.137. The molecule has 2 aliphatic rings. The summed E-state index contributed by atoms with van der Waals surface area (Å²) in [6.07, 6.45) is 0.333. The van der Waals surface area contributed by atoms with Gasteiger partial charge in [0.25, 0.3) is 0 Å². The molecular formula is C19H22ClN5O4. The molecule has 10 heteroatoms. The third-order valence-corrected chi connectivity index (χ3v) is 5.76. The highest BCUT2D eigenvalue weighted by atomic mass is 35.5. The first kappa shape index (κ1) is 21.0. The Balaban J connectivity index is 1.74. The summed E-state index contributed by atoms with van der Waals surface area (Å²) in [5, 5.41) is 24.0. The van der Waals surface area contributed by atoms with Crippen molar-refractivity contribution >= 4 is 35.1 Å². The smallest absolute Gasteiger partial charge is 0.303 e. The Labute approximate surface area is 173 Å². The zero-order valence-electron chi connectivity index (χ0n) is 15.9. The Hall–Kier alpha value is -2.67. The molecule has 2 heterocycles. The van der Waals surface area contributed by atoms with Gasteiger partial charge in [-0.3, -0.25) is 24.2 Å². The van der Waals surface area contributed by atoms with E-state index in [1.165, 1.54) is 0 Å². The molecule has 0 spiro atoms. The van der Waals surface area contributed by atoms with Gasteiger partial charge in [-0.25, -0.2) is 0 Å². The van der Waals surface area contributed by atoms with Crippen molar-refractivity contribution in [2.24, 2.45) is 0 Å². The Morgan fingerprint density at radius 2 is 2.17 bits per heavy atom. The SMILES string of the molecule is Cc1c(N2CN3C(C(=O)NCCCC(=O)O)CNCC3C2=O)ccc(C#N)c1Cl. The van der Waals surface area contributed by atoms with E-state index in [0.717, 1.165) is 0 Å². The van der Waals surface area contributed by atoms with Crippen LogP contribution in [0, 0.1) is 18.3 Å². The fourth-order valence-electron chi connectivity index (χ4n) is 3.71. The van der Waals surface area contributed by atoms with Crippen molar-refractivity contribution in [2.75, 3.05) is 31.2 Å². The summed E-state index contributed by atoms with van der Waals surface area (Å²) < 4.78 is 0. The molecule has 2 fully saturated rings. The summed E-state index contributed by atoms with van der Waals surface area (Å²) in [5.74, 6) is -1.28. The number of halogens is 1. The number of nitriles is 1. The highest BCUT2D eigenvalue weighted by molar-refractivity contribution is 6.33. The van der Waals surface area contributed by atoms with Crippen LogP contribution in [-0.2, 0) is 14.4 Å². The predicted octanol–water partition coefficient (Wildman–Crippen LogP) is 0.448. The summed E-state index contributed by atoms with van der Waals surface area (Å²) in [6.45, 7) is 3.09. The van der Waals surface area contributed by atoms with E-state index in [0.29, 0.717) is 41.3 Å². The van der Waals surface area contributed by atoms with Gasteiger partial charge in [0.15, 0.2) is 0 Å². The minimum Gasteiger partial charge on any atom is -0.481 e. The van der Waals surface area contributed by atoms with Gasteiger partial charge in [-0.2, -0.15) is 5.26 Å². The molecule has 29 heavy (non-hydrogen) atoms. The predicted molar refractivity (Wildman–Crippen MR) is 105 cm³/mol. The average Bonchev–Trinajstić information content (AvgIpc) is 3.03. The standard InChI is InChI=1S/C19H22ClN5O4/c1-11-13(5-4-12(7-21)17(11)20)25-10-24-14(8-22-9-15(24)19(25)29)18(28)23-6-2-3-16(26)27/h4-5,14-15,22H,2-3,6,8-10H2,1H3,(H,23,28)(H,26,27). The maximum Gasteiger partial charge on any atom is 0.303 e. The van der Waals surface area contributed by atoms with E-state index in [1.54, 1.807) is 24.0 Å². The number of carboxylic acid groups (broad SMARTS) is 1. The minimum absolute atomic E-state index is 0.0134. The quantitative estimate of drug-likeness (QED) is 0.571. The number of carbonyl (C=O) groups is 3. The molecule has 3 rings (SSSR count). The van der Waals surface area contributed by atoms with Gasteiger partial charge in [0, 0.05) is 31.7 Å². The van der Waals surface area contributed by atoms with Gasteiger partial charge < -0.3 is 15.7 Å². The highest BCUT2D eigenvalue weighted by Crippen LogP contribution is 2.33. The van der Waals surface area contributed by atoms with E-state index in [1.807, 2.05) is 11.0 Å². The largest absolute Gasteiger partial charge is 0.481 e. The second kappa shape index (κ2) is 8.78. The van der Waals surface area contributed by atoms with Gasteiger partial charge in [-0.05, 0) is 31.0 Å². The number of nitrogens with one attached hydrogen (secondary N) is 2. The fraction of sp³-hybridized carbons (Fsp3) is 0.474. The number of rotatable bonds is 6. The molecule has 1 aromatic carbocycles. The molecule has 2 atom stereocenters. The number of amides is 2. The lowest BCUT2D eigenvalue weighted by atomic mass is 10.1. The first-order valence-electron chi connectivity index (χ1n) is 9.31. The monoisotopic (exact) mass is 419 g/mol. The van der Waals surface area contributed by atoms with Crippen LogP contribution in [0.5, 0.6) is 0 Å². The summed E-state index contributed by atoms with van der Waals surface area (Å²) in [4.78, 5) is 39.6. The fourth-order valence-corrected chi connectivity index (χ4v) is 3.91. The van der Waals surface area contributed by atoms with Gasteiger partial charge in [0.2, 0.25) is 11.8 Å². The summed E-state index contributed by atoms with van der Waals surface area (Å²) in [6, 6.07) is 4.29. The number of anilines is 1. The number of carbonyl (C=O) groups excluding carboxylic acids is 2. The van der Waals surface area contributed by atoms with Crippen LogP contribution >= 0.6 is 11.6 Å². The van der Waals surface area contributed by atoms with Gasteiger partial charge in [-0.1, -0.05) is 11.6 Å². The van der Waals surface area contributed by atoms with Gasteiger partial charge in [0.1, 0.15) is 18.2 Å². The molecule has 9 nitrogen and oxygen atoms in total. The second-order valence-corrected chi connectivity index (χ2v) is 7.46. The maximum absolute atomic E-state index is 13.0. The average molecular weight is 420 g/mol. The van der Waals surface area contributed by atoms with E-state index in [-0.39, 0.29) is 31.4 Å². The van der Waals surface area contributed by atoms with E-state index in [4.69, 9.17) is 22.0 Å². The van der Waals surface area contributed by atoms with Crippen LogP contribution in [0.15, 0.2) is 12.1 Å². The molecule has 3 N–H and O–H groups in total. The molecule has 0 bridgehead atoms. The van der Waals surface area contributed by atoms with Crippen molar-refractivity contribution in [3.63, 3.8) is 0 Å². The molecule has 0 aromatic heterocycles. The van der Waals surface area contributed by atoms with E-state index in [2.05, 4.69) is 10.6 Å². The lowest BCUT2D eigenvalue weighted by Gasteiger charge is -2.34. The van der Waals surface area contributed by atoms with Gasteiger partial charge >= 0.3 is 5.97 Å². The number of aliphatic carboxylic acids is 1. The summed E-state index contributed by atoms with van der Waals surface area (Å²) >= 11 is 6.26. The molecule has 2 unspecified atom stereocenters. The minimum atomic E-state index is -0.907. The molecular weight excluding hydrogens is 398 g/mol. The van der Waals surface area contributed by atoms with Gasteiger partial charge in [0.05, 0.1) is 17.3 Å². The zero-order chi connectivity index (χ0) is 21.1. The number of hydrogen-bond acceptors (Lipinski definition) is 6. The van der Waals surface area contributed by atoms with Crippen LogP contribution < -0.4 is 15.5 Å². The summed E-state index contributed by atoms with van der Waals surface area (Å²) in [5.41, 5.74) is 1.60. The highest BCUT2D eigenvalue weighted by Gasteiger charge is 2.47. The van der Waals surface area contributed by atoms with Crippen molar-refractivity contribution in [2.45, 2.75) is 31.8 Å². The number of hydrogen-bond donors (Lipinski definition) is 3. The summed E-state index contributed by atoms with van der Waals surface area (Å²) in [7, 11) is 0. The van der Waals surface area contributed by atoms with E-state index >= 15 is 0 Å². The van der Waals surface area contributed by atoms with E-state index < -0.39 is 18.1 Å². The molecule has 0 aliphatic carbocycles. The first-order chi connectivity index (χ1) is 13.8. The number of carboxylic acids is 1.